The molecular weight excluding hydrogens is 731 g/mol. The van der Waals surface area contributed by atoms with Gasteiger partial charge in [-0.1, -0.05) is 221 Å². The van der Waals surface area contributed by atoms with Crippen LogP contribution < -0.4 is 5.32 Å². The number of carbonyl (C=O) groups is 2. The van der Waals surface area contributed by atoms with Crippen LogP contribution in [0.15, 0.2) is 85.1 Å². The molecule has 0 radical (unpaired) electrons. The number of ether oxygens (including phenoxy) is 1. The zero-order valence-corrected chi connectivity index (χ0v) is 38.4. The van der Waals surface area contributed by atoms with Gasteiger partial charge in [-0.25, -0.2) is 0 Å². The van der Waals surface area contributed by atoms with E-state index in [1.165, 1.54) is 57.8 Å². The minimum atomic E-state index is -0.801. The van der Waals surface area contributed by atoms with Crippen molar-refractivity contribution >= 4 is 11.9 Å². The Morgan fingerprint density at radius 1 is 0.508 bits per heavy atom. The van der Waals surface area contributed by atoms with Crippen LogP contribution in [0, 0.1) is 0 Å². The van der Waals surface area contributed by atoms with Gasteiger partial charge in [0.05, 0.1) is 25.2 Å². The third kappa shape index (κ3) is 41.6. The largest absolute Gasteiger partial charge is 0.462 e. The average Bonchev–Trinajstić information content (AvgIpc) is 3.23. The van der Waals surface area contributed by atoms with Crippen molar-refractivity contribution in [1.82, 2.24) is 5.32 Å². The second-order valence-electron chi connectivity index (χ2n) is 16.3. The van der Waals surface area contributed by atoms with Crippen LogP contribution in [0.1, 0.15) is 213 Å². The van der Waals surface area contributed by atoms with Crippen molar-refractivity contribution in [2.75, 3.05) is 6.61 Å². The van der Waals surface area contributed by atoms with Gasteiger partial charge in [-0.05, 0) is 64.2 Å². The third-order valence-corrected chi connectivity index (χ3v) is 10.6. The molecule has 59 heavy (non-hydrogen) atoms. The highest BCUT2D eigenvalue weighted by atomic mass is 16.5. The smallest absolute Gasteiger partial charge is 0.306 e. The van der Waals surface area contributed by atoms with Gasteiger partial charge in [0.25, 0.3) is 0 Å². The van der Waals surface area contributed by atoms with Crippen molar-refractivity contribution in [3.63, 3.8) is 0 Å². The standard InChI is InChI=1S/C53H91NO5/c1-4-7-10-13-16-19-22-25-26-28-31-34-37-40-43-46-53(58)59-49(44-41-38-35-32-29-27-23-20-17-14-11-8-5-2)47-52(57)54-50(48-55)51(56)45-42-39-36-33-30-24-21-18-15-12-9-6-3/h7-8,10-11,13-14,16-17,19-20,22-23,25-26,49-51,55-56H,4-6,9,12,15,18,21,24,27-48H2,1-3H3,(H,54,57)/b10-7+,11-8+,16-13+,17-14+,22-19+,23-20+,26-25-. The minimum Gasteiger partial charge on any atom is -0.462 e. The fourth-order valence-electron chi connectivity index (χ4n) is 6.97. The molecule has 1 amide bonds. The highest BCUT2D eigenvalue weighted by molar-refractivity contribution is 5.77. The molecule has 0 bridgehead atoms. The van der Waals surface area contributed by atoms with Crippen LogP contribution >= 0.6 is 0 Å². The van der Waals surface area contributed by atoms with E-state index in [1.807, 2.05) is 18.2 Å². The summed E-state index contributed by atoms with van der Waals surface area (Å²) in [5.74, 6) is -0.528. The molecule has 3 N–H and O–H groups in total. The molecule has 3 unspecified atom stereocenters. The van der Waals surface area contributed by atoms with Crippen LogP contribution in [0.3, 0.4) is 0 Å². The molecule has 0 aliphatic rings. The Labute approximate surface area is 363 Å². The first kappa shape index (κ1) is 56.0. The van der Waals surface area contributed by atoms with Gasteiger partial charge in [-0.3, -0.25) is 9.59 Å². The molecule has 0 saturated heterocycles. The summed E-state index contributed by atoms with van der Waals surface area (Å²) in [5, 5.41) is 23.7. The van der Waals surface area contributed by atoms with Crippen molar-refractivity contribution in [2.24, 2.45) is 0 Å². The molecule has 3 atom stereocenters. The lowest BCUT2D eigenvalue weighted by atomic mass is 10.0. The van der Waals surface area contributed by atoms with Crippen LogP contribution in [0.5, 0.6) is 0 Å². The molecule has 0 saturated carbocycles. The van der Waals surface area contributed by atoms with E-state index in [-0.39, 0.29) is 24.9 Å². The maximum Gasteiger partial charge on any atom is 0.306 e. The normalized spacial score (nSPS) is 14.1. The van der Waals surface area contributed by atoms with E-state index in [0.29, 0.717) is 19.3 Å². The first-order valence-corrected chi connectivity index (χ1v) is 24.4. The summed E-state index contributed by atoms with van der Waals surface area (Å²) >= 11 is 0. The summed E-state index contributed by atoms with van der Waals surface area (Å²) in [6.07, 6.45) is 59.2. The fraction of sp³-hybridized carbons (Fsp3) is 0.698. The predicted octanol–water partition coefficient (Wildman–Crippen LogP) is 14.4. The highest BCUT2D eigenvalue weighted by Crippen LogP contribution is 2.17. The number of unbranched alkanes of at least 4 members (excludes halogenated alkanes) is 21. The van der Waals surface area contributed by atoms with E-state index >= 15 is 0 Å². The van der Waals surface area contributed by atoms with Gasteiger partial charge in [-0.15, -0.1) is 0 Å². The van der Waals surface area contributed by atoms with E-state index in [4.69, 9.17) is 4.74 Å². The van der Waals surface area contributed by atoms with E-state index in [0.717, 1.165) is 109 Å². The number of rotatable bonds is 42. The van der Waals surface area contributed by atoms with Gasteiger partial charge in [0, 0.05) is 6.42 Å². The topological polar surface area (TPSA) is 95.9 Å². The summed E-state index contributed by atoms with van der Waals surface area (Å²) in [6, 6.07) is -0.717. The maximum atomic E-state index is 13.2. The monoisotopic (exact) mass is 822 g/mol. The number of nitrogens with one attached hydrogen (secondary N) is 1. The van der Waals surface area contributed by atoms with Crippen LogP contribution in [0.4, 0.5) is 0 Å². The average molecular weight is 822 g/mol. The van der Waals surface area contributed by atoms with E-state index in [9.17, 15) is 19.8 Å². The Bertz CT molecular complexity index is 1150. The number of allylic oxidation sites excluding steroid dienone is 14. The molecule has 0 aromatic carbocycles. The number of aliphatic hydroxyl groups excluding tert-OH is 2. The predicted molar refractivity (Wildman–Crippen MR) is 254 cm³/mol. The quantitative estimate of drug-likeness (QED) is 0.0324. The van der Waals surface area contributed by atoms with Crippen LogP contribution in [0.25, 0.3) is 0 Å². The van der Waals surface area contributed by atoms with Crippen LogP contribution in [-0.4, -0.2) is 46.9 Å². The Hall–Kier alpha value is -2.96. The fourth-order valence-corrected chi connectivity index (χ4v) is 6.97. The van der Waals surface area contributed by atoms with Crippen molar-refractivity contribution in [2.45, 2.75) is 232 Å². The van der Waals surface area contributed by atoms with Gasteiger partial charge < -0.3 is 20.3 Å². The molecule has 338 valence electrons. The zero-order chi connectivity index (χ0) is 43.1. The minimum absolute atomic E-state index is 0.0498. The third-order valence-electron chi connectivity index (χ3n) is 10.6. The number of hydrogen-bond acceptors (Lipinski definition) is 5. The van der Waals surface area contributed by atoms with Crippen molar-refractivity contribution in [1.29, 1.82) is 0 Å². The molecule has 0 rings (SSSR count). The first-order valence-electron chi connectivity index (χ1n) is 24.4. The number of carbonyl (C=O) groups excluding carboxylic acids is 2. The van der Waals surface area contributed by atoms with Crippen LogP contribution in [0.2, 0.25) is 0 Å². The SMILES string of the molecule is CC/C=C/C=C/C=C/C=C\CCCCCCCC(=O)OC(CCCCCCC/C=C/C=C/C=C/CC)CC(=O)NC(CO)C(O)CCCCCCCCCCCCCC. The van der Waals surface area contributed by atoms with Crippen LogP contribution in [-0.2, 0) is 14.3 Å². The van der Waals surface area contributed by atoms with E-state index < -0.39 is 18.2 Å². The van der Waals surface area contributed by atoms with Gasteiger partial charge in [0.1, 0.15) is 6.10 Å². The molecule has 0 aliphatic heterocycles. The highest BCUT2D eigenvalue weighted by Gasteiger charge is 2.24. The molecule has 0 fully saturated rings. The molecular formula is C53H91NO5. The summed E-state index contributed by atoms with van der Waals surface area (Å²) in [5.41, 5.74) is 0. The molecule has 6 nitrogen and oxygen atoms in total. The second-order valence-corrected chi connectivity index (χ2v) is 16.3. The summed E-state index contributed by atoms with van der Waals surface area (Å²) < 4.78 is 5.90. The van der Waals surface area contributed by atoms with Gasteiger partial charge in [0.15, 0.2) is 0 Å². The summed E-state index contributed by atoms with van der Waals surface area (Å²) in [6.45, 7) is 6.19. The lowest BCUT2D eigenvalue weighted by molar-refractivity contribution is -0.151. The Morgan fingerprint density at radius 3 is 1.39 bits per heavy atom. The summed E-state index contributed by atoms with van der Waals surface area (Å²) in [7, 11) is 0. The lowest BCUT2D eigenvalue weighted by Gasteiger charge is -2.24. The van der Waals surface area contributed by atoms with E-state index in [1.54, 1.807) is 0 Å². The second kappa shape index (κ2) is 46.1. The molecule has 6 heteroatoms. The number of aliphatic hydroxyl groups is 2. The van der Waals surface area contributed by atoms with Crippen molar-refractivity contribution in [3.8, 4) is 0 Å². The van der Waals surface area contributed by atoms with Crippen molar-refractivity contribution < 1.29 is 24.5 Å². The van der Waals surface area contributed by atoms with Gasteiger partial charge in [0.2, 0.25) is 5.91 Å². The number of esters is 1. The van der Waals surface area contributed by atoms with Crippen molar-refractivity contribution in [3.05, 3.63) is 85.1 Å². The number of amides is 1. The Morgan fingerprint density at radius 2 is 0.915 bits per heavy atom. The number of hydrogen-bond donors (Lipinski definition) is 3. The summed E-state index contributed by atoms with van der Waals surface area (Å²) in [4.78, 5) is 26.1. The lowest BCUT2D eigenvalue weighted by Crippen LogP contribution is -2.46. The molecule has 0 aliphatic carbocycles. The first-order chi connectivity index (χ1) is 29.0. The van der Waals surface area contributed by atoms with E-state index in [2.05, 4.69) is 92.9 Å². The molecule has 0 aromatic rings. The Kier molecular flexibility index (Phi) is 43.8. The molecule has 0 spiro atoms. The molecule has 0 aromatic heterocycles. The Balaban J connectivity index is 4.67. The van der Waals surface area contributed by atoms with Gasteiger partial charge >= 0.3 is 5.97 Å². The zero-order valence-electron chi connectivity index (χ0n) is 38.4. The van der Waals surface area contributed by atoms with Gasteiger partial charge in [-0.2, -0.15) is 0 Å². The maximum absolute atomic E-state index is 13.2. The molecule has 0 heterocycles.